The topological polar surface area (TPSA) is 26.0 Å². The highest BCUT2D eigenvalue weighted by Crippen LogP contribution is 2.40. The lowest BCUT2D eigenvalue weighted by molar-refractivity contribution is 0.631. The summed E-state index contributed by atoms with van der Waals surface area (Å²) in [5.74, 6) is -0.191. The van der Waals surface area contributed by atoms with E-state index in [1.54, 1.807) is 23.9 Å². The van der Waals surface area contributed by atoms with Gasteiger partial charge in [0.1, 0.15) is 5.82 Å². The second kappa shape index (κ2) is 7.54. The summed E-state index contributed by atoms with van der Waals surface area (Å²) in [5.41, 5.74) is 9.63. The summed E-state index contributed by atoms with van der Waals surface area (Å²) in [5, 5.41) is 0.323. The van der Waals surface area contributed by atoms with E-state index in [2.05, 4.69) is 25.1 Å². The largest absolute Gasteiger partial charge is 0.398 e. The van der Waals surface area contributed by atoms with Gasteiger partial charge in [0.2, 0.25) is 0 Å². The van der Waals surface area contributed by atoms with Crippen LogP contribution in [-0.4, -0.2) is 0 Å². The number of hydrogen-bond acceptors (Lipinski definition) is 2. The zero-order valence-corrected chi connectivity index (χ0v) is 14.4. The van der Waals surface area contributed by atoms with E-state index in [0.717, 1.165) is 22.6 Å². The Kier molecular flexibility index (Phi) is 5.21. The molecule has 3 rings (SSSR count). The van der Waals surface area contributed by atoms with Gasteiger partial charge in [0, 0.05) is 21.4 Å². The van der Waals surface area contributed by atoms with Crippen LogP contribution < -0.4 is 5.73 Å². The molecule has 0 spiro atoms. The Morgan fingerprint density at radius 3 is 2.25 bits per heavy atom. The molecule has 122 valence electrons. The van der Waals surface area contributed by atoms with Crippen molar-refractivity contribution < 1.29 is 4.39 Å². The Labute approximate surface area is 146 Å². The Balaban J connectivity index is 1.83. The van der Waals surface area contributed by atoms with Crippen LogP contribution in [0.1, 0.15) is 24.2 Å². The van der Waals surface area contributed by atoms with E-state index in [4.69, 9.17) is 5.73 Å². The van der Waals surface area contributed by atoms with Crippen LogP contribution in [0.5, 0.6) is 0 Å². The molecule has 1 unspecified atom stereocenters. The molecule has 0 aliphatic carbocycles. The Morgan fingerprint density at radius 2 is 1.58 bits per heavy atom. The molecule has 0 fully saturated rings. The van der Waals surface area contributed by atoms with Crippen molar-refractivity contribution >= 4 is 17.4 Å². The number of nitrogen functional groups attached to an aromatic ring is 1. The van der Waals surface area contributed by atoms with Gasteiger partial charge in [-0.2, -0.15) is 0 Å². The summed E-state index contributed by atoms with van der Waals surface area (Å²) in [6.45, 7) is 2.17. The van der Waals surface area contributed by atoms with Gasteiger partial charge in [-0.3, -0.25) is 0 Å². The first-order valence-corrected chi connectivity index (χ1v) is 8.93. The van der Waals surface area contributed by atoms with Crippen molar-refractivity contribution in [2.45, 2.75) is 23.5 Å². The van der Waals surface area contributed by atoms with E-state index in [9.17, 15) is 4.39 Å². The summed E-state index contributed by atoms with van der Waals surface area (Å²) in [6.07, 6.45) is 0.998. The SMILES string of the molecule is CCC(Sc1ccccc1N)c1ccc(-c2ccccc2F)cc1. The number of para-hydroxylation sites is 1. The first kappa shape index (κ1) is 16.6. The standard InChI is InChI=1S/C21H20FNS/c1-2-20(24-21-10-6-5-9-19(21)23)16-13-11-15(12-14-16)17-7-3-4-8-18(17)22/h3-14,20H,2,23H2,1H3. The third-order valence-electron chi connectivity index (χ3n) is 4.03. The number of anilines is 1. The molecule has 24 heavy (non-hydrogen) atoms. The molecule has 0 saturated heterocycles. The zero-order valence-electron chi connectivity index (χ0n) is 13.6. The summed E-state index contributed by atoms with van der Waals surface area (Å²) in [7, 11) is 0. The van der Waals surface area contributed by atoms with Crippen LogP contribution in [0.25, 0.3) is 11.1 Å². The lowest BCUT2D eigenvalue weighted by atomic mass is 10.0. The minimum atomic E-state index is -0.191. The molecule has 0 aliphatic heterocycles. The first-order chi connectivity index (χ1) is 11.7. The summed E-state index contributed by atoms with van der Waals surface area (Å²) < 4.78 is 13.9. The van der Waals surface area contributed by atoms with Gasteiger partial charge < -0.3 is 5.73 Å². The maximum Gasteiger partial charge on any atom is 0.131 e. The normalized spacial score (nSPS) is 12.1. The van der Waals surface area contributed by atoms with E-state index < -0.39 is 0 Å². The summed E-state index contributed by atoms with van der Waals surface area (Å²) >= 11 is 1.77. The van der Waals surface area contributed by atoms with Crippen molar-refractivity contribution in [3.8, 4) is 11.1 Å². The number of halogens is 1. The van der Waals surface area contributed by atoms with Crippen LogP contribution in [0, 0.1) is 5.82 Å². The van der Waals surface area contributed by atoms with E-state index in [1.807, 2.05) is 36.4 Å². The van der Waals surface area contributed by atoms with Crippen molar-refractivity contribution in [2.75, 3.05) is 5.73 Å². The van der Waals surface area contributed by atoms with Crippen LogP contribution in [0.15, 0.2) is 77.7 Å². The van der Waals surface area contributed by atoms with Crippen LogP contribution >= 0.6 is 11.8 Å². The second-order valence-corrected chi connectivity index (χ2v) is 6.90. The molecule has 0 amide bonds. The van der Waals surface area contributed by atoms with Crippen molar-refractivity contribution in [2.24, 2.45) is 0 Å². The maximum atomic E-state index is 13.9. The van der Waals surface area contributed by atoms with E-state index in [-0.39, 0.29) is 5.82 Å². The molecule has 0 aromatic heterocycles. The number of rotatable bonds is 5. The monoisotopic (exact) mass is 337 g/mol. The molecule has 3 aromatic rings. The fourth-order valence-electron chi connectivity index (χ4n) is 2.70. The van der Waals surface area contributed by atoms with Crippen LogP contribution in [0.4, 0.5) is 10.1 Å². The van der Waals surface area contributed by atoms with Gasteiger partial charge in [-0.05, 0) is 35.7 Å². The maximum absolute atomic E-state index is 13.9. The van der Waals surface area contributed by atoms with Gasteiger partial charge in [0.15, 0.2) is 0 Å². The van der Waals surface area contributed by atoms with Crippen molar-refractivity contribution in [1.82, 2.24) is 0 Å². The molecule has 0 bridgehead atoms. The van der Waals surface area contributed by atoms with Crippen LogP contribution in [0.3, 0.4) is 0 Å². The van der Waals surface area contributed by atoms with Crippen molar-refractivity contribution in [1.29, 1.82) is 0 Å². The quantitative estimate of drug-likeness (QED) is 0.435. The van der Waals surface area contributed by atoms with Gasteiger partial charge in [0.05, 0.1) is 0 Å². The van der Waals surface area contributed by atoms with Crippen LogP contribution in [-0.2, 0) is 0 Å². The smallest absolute Gasteiger partial charge is 0.131 e. The fourth-order valence-corrected chi connectivity index (χ4v) is 3.83. The molecule has 0 saturated carbocycles. The van der Waals surface area contributed by atoms with E-state index in [1.165, 1.54) is 11.6 Å². The average molecular weight is 337 g/mol. The minimum Gasteiger partial charge on any atom is -0.398 e. The van der Waals surface area contributed by atoms with Crippen molar-refractivity contribution in [3.05, 3.63) is 84.2 Å². The second-order valence-electron chi connectivity index (χ2n) is 5.65. The molecule has 1 atom stereocenters. The minimum absolute atomic E-state index is 0.191. The molecule has 2 N–H and O–H groups in total. The van der Waals surface area contributed by atoms with Crippen LogP contribution in [0.2, 0.25) is 0 Å². The number of hydrogen-bond donors (Lipinski definition) is 1. The molecule has 0 radical (unpaired) electrons. The van der Waals surface area contributed by atoms with Gasteiger partial charge in [-0.1, -0.05) is 61.5 Å². The summed E-state index contributed by atoms with van der Waals surface area (Å²) in [4.78, 5) is 1.10. The number of nitrogens with two attached hydrogens (primary N) is 1. The Bertz CT molecular complexity index is 814. The van der Waals surface area contributed by atoms with Crippen molar-refractivity contribution in [3.63, 3.8) is 0 Å². The van der Waals surface area contributed by atoms with E-state index >= 15 is 0 Å². The predicted molar refractivity (Wildman–Crippen MR) is 102 cm³/mol. The Hall–Kier alpha value is -2.26. The summed E-state index contributed by atoms with van der Waals surface area (Å²) in [6, 6.07) is 23.0. The highest BCUT2D eigenvalue weighted by atomic mass is 32.2. The molecule has 3 heteroatoms. The predicted octanol–water partition coefficient (Wildman–Crippen LogP) is 6.32. The number of thioether (sulfide) groups is 1. The molecular formula is C21H20FNS. The van der Waals surface area contributed by atoms with E-state index in [0.29, 0.717) is 10.8 Å². The van der Waals surface area contributed by atoms with Gasteiger partial charge >= 0.3 is 0 Å². The fraction of sp³-hybridized carbons (Fsp3) is 0.143. The highest BCUT2D eigenvalue weighted by Gasteiger charge is 2.13. The van der Waals surface area contributed by atoms with Gasteiger partial charge in [-0.25, -0.2) is 4.39 Å². The molecular weight excluding hydrogens is 317 g/mol. The average Bonchev–Trinajstić information content (AvgIpc) is 2.62. The zero-order chi connectivity index (χ0) is 16.9. The third kappa shape index (κ3) is 3.62. The molecule has 0 aliphatic rings. The molecule has 0 heterocycles. The lowest BCUT2D eigenvalue weighted by Gasteiger charge is -2.17. The van der Waals surface area contributed by atoms with Gasteiger partial charge in [-0.15, -0.1) is 11.8 Å². The highest BCUT2D eigenvalue weighted by molar-refractivity contribution is 7.99. The molecule has 1 nitrogen and oxygen atoms in total. The first-order valence-electron chi connectivity index (χ1n) is 8.05. The lowest BCUT2D eigenvalue weighted by Crippen LogP contribution is -1.95. The Morgan fingerprint density at radius 1 is 0.917 bits per heavy atom. The third-order valence-corrected chi connectivity index (χ3v) is 5.54. The van der Waals surface area contributed by atoms with Gasteiger partial charge in [0.25, 0.3) is 0 Å². The molecule has 3 aromatic carbocycles. The number of benzene rings is 3.